The second kappa shape index (κ2) is 5.75. The molecule has 1 aromatic rings. The number of rotatable bonds is 5. The average Bonchev–Trinajstić information content (AvgIpc) is 3.10. The second-order valence-corrected chi connectivity index (χ2v) is 8.90. The lowest BCUT2D eigenvalue weighted by molar-refractivity contribution is 0.447. The van der Waals surface area contributed by atoms with Crippen LogP contribution < -0.4 is 5.32 Å². The van der Waals surface area contributed by atoms with Gasteiger partial charge in [-0.2, -0.15) is 4.31 Å². The van der Waals surface area contributed by atoms with Crippen LogP contribution in [0.4, 0.5) is 0 Å². The molecule has 1 saturated heterocycles. The van der Waals surface area contributed by atoms with Crippen molar-refractivity contribution >= 4 is 21.4 Å². The molecule has 2 aliphatic rings. The number of sulfonamides is 1. The van der Waals surface area contributed by atoms with E-state index in [0.717, 1.165) is 31.7 Å². The lowest BCUT2D eigenvalue weighted by Crippen LogP contribution is -2.29. The number of thiophene rings is 1. The van der Waals surface area contributed by atoms with Crippen LogP contribution in [0.25, 0.3) is 0 Å². The smallest absolute Gasteiger partial charge is 0.252 e. The molecule has 1 aromatic heterocycles. The number of hydrogen-bond acceptors (Lipinski definition) is 4. The van der Waals surface area contributed by atoms with E-state index >= 15 is 0 Å². The molecule has 1 N–H and O–H groups in total. The van der Waals surface area contributed by atoms with Crippen molar-refractivity contribution in [2.24, 2.45) is 11.8 Å². The average molecular weight is 314 g/mol. The molecular formula is C14H22N2O2S2. The quantitative estimate of drug-likeness (QED) is 0.907. The predicted molar refractivity (Wildman–Crippen MR) is 81.3 cm³/mol. The van der Waals surface area contributed by atoms with Crippen LogP contribution in [-0.2, 0) is 16.6 Å². The third-order valence-electron chi connectivity index (χ3n) is 4.50. The Morgan fingerprint density at radius 2 is 2.05 bits per heavy atom. The summed E-state index contributed by atoms with van der Waals surface area (Å²) in [7, 11) is -3.26. The van der Waals surface area contributed by atoms with E-state index in [1.165, 1.54) is 30.6 Å². The van der Waals surface area contributed by atoms with Crippen LogP contribution in [0.3, 0.4) is 0 Å². The fourth-order valence-electron chi connectivity index (χ4n) is 3.37. The Kier molecular flexibility index (Phi) is 4.17. The molecule has 0 amide bonds. The Balaban J connectivity index is 1.73. The number of fused-ring (bicyclic) bond motifs is 1. The highest BCUT2D eigenvalue weighted by Gasteiger charge is 2.41. The SMILES string of the molecule is CCNCc1csc(S(=O)(=O)N2CC3CCCC3C2)c1. The number of nitrogens with one attached hydrogen (secondary N) is 1. The van der Waals surface area contributed by atoms with Gasteiger partial charge in [0.25, 0.3) is 10.0 Å². The zero-order valence-electron chi connectivity index (χ0n) is 11.8. The van der Waals surface area contributed by atoms with Gasteiger partial charge in [0.15, 0.2) is 0 Å². The minimum Gasteiger partial charge on any atom is -0.313 e. The molecule has 0 aromatic carbocycles. The normalized spacial score (nSPS) is 27.1. The molecule has 2 unspecified atom stereocenters. The third-order valence-corrected chi connectivity index (χ3v) is 7.79. The molecule has 1 saturated carbocycles. The van der Waals surface area contributed by atoms with Crippen molar-refractivity contribution in [1.82, 2.24) is 9.62 Å². The molecule has 0 bridgehead atoms. The molecule has 1 aliphatic heterocycles. The van der Waals surface area contributed by atoms with E-state index in [0.29, 0.717) is 16.0 Å². The maximum absolute atomic E-state index is 12.7. The van der Waals surface area contributed by atoms with Crippen LogP contribution in [0, 0.1) is 11.8 Å². The van der Waals surface area contributed by atoms with E-state index in [4.69, 9.17) is 0 Å². The van der Waals surface area contributed by atoms with Crippen LogP contribution in [0.5, 0.6) is 0 Å². The fourth-order valence-corrected chi connectivity index (χ4v) is 6.28. The van der Waals surface area contributed by atoms with Gasteiger partial charge in [-0.1, -0.05) is 13.3 Å². The number of hydrogen-bond donors (Lipinski definition) is 1. The van der Waals surface area contributed by atoms with E-state index in [1.807, 2.05) is 18.4 Å². The highest BCUT2D eigenvalue weighted by molar-refractivity contribution is 7.91. The topological polar surface area (TPSA) is 49.4 Å². The van der Waals surface area contributed by atoms with Gasteiger partial charge in [-0.05, 0) is 48.2 Å². The largest absolute Gasteiger partial charge is 0.313 e. The van der Waals surface area contributed by atoms with Crippen molar-refractivity contribution in [3.8, 4) is 0 Å². The molecule has 0 radical (unpaired) electrons. The van der Waals surface area contributed by atoms with E-state index < -0.39 is 10.0 Å². The molecule has 4 nitrogen and oxygen atoms in total. The summed E-state index contributed by atoms with van der Waals surface area (Å²) in [5.74, 6) is 1.21. The van der Waals surface area contributed by atoms with Crippen molar-refractivity contribution in [3.63, 3.8) is 0 Å². The molecule has 2 heterocycles. The third kappa shape index (κ3) is 2.66. The van der Waals surface area contributed by atoms with Crippen LogP contribution >= 0.6 is 11.3 Å². The molecule has 6 heteroatoms. The summed E-state index contributed by atoms with van der Waals surface area (Å²) in [6.45, 7) is 5.15. The Labute approximate surface area is 125 Å². The summed E-state index contributed by atoms with van der Waals surface area (Å²) in [5, 5.41) is 5.18. The van der Waals surface area contributed by atoms with Gasteiger partial charge in [0.2, 0.25) is 0 Å². The maximum Gasteiger partial charge on any atom is 0.252 e. The predicted octanol–water partition coefficient (Wildman–Crippen LogP) is 2.28. The first-order chi connectivity index (χ1) is 9.61. The first-order valence-corrected chi connectivity index (χ1v) is 9.71. The first-order valence-electron chi connectivity index (χ1n) is 7.39. The summed E-state index contributed by atoms with van der Waals surface area (Å²) in [6, 6.07) is 1.83. The zero-order valence-corrected chi connectivity index (χ0v) is 13.5. The van der Waals surface area contributed by atoms with Gasteiger partial charge in [0.05, 0.1) is 0 Å². The second-order valence-electron chi connectivity index (χ2n) is 5.83. The van der Waals surface area contributed by atoms with Crippen molar-refractivity contribution in [2.45, 2.75) is 36.9 Å². The van der Waals surface area contributed by atoms with Crippen molar-refractivity contribution < 1.29 is 8.42 Å². The summed E-state index contributed by atoms with van der Waals surface area (Å²) in [5.41, 5.74) is 1.06. The highest BCUT2D eigenvalue weighted by Crippen LogP contribution is 2.40. The van der Waals surface area contributed by atoms with Crippen LogP contribution in [0.2, 0.25) is 0 Å². The van der Waals surface area contributed by atoms with Crippen molar-refractivity contribution in [1.29, 1.82) is 0 Å². The zero-order chi connectivity index (χ0) is 14.2. The van der Waals surface area contributed by atoms with Gasteiger partial charge in [-0.3, -0.25) is 0 Å². The monoisotopic (exact) mass is 314 g/mol. The van der Waals surface area contributed by atoms with Gasteiger partial charge in [0.1, 0.15) is 4.21 Å². The van der Waals surface area contributed by atoms with E-state index in [-0.39, 0.29) is 0 Å². The van der Waals surface area contributed by atoms with Crippen molar-refractivity contribution in [3.05, 3.63) is 17.0 Å². The molecule has 2 fully saturated rings. The van der Waals surface area contributed by atoms with Crippen molar-refractivity contribution in [2.75, 3.05) is 19.6 Å². The minimum absolute atomic E-state index is 0.505. The molecule has 0 spiro atoms. The highest BCUT2D eigenvalue weighted by atomic mass is 32.2. The Morgan fingerprint density at radius 1 is 1.35 bits per heavy atom. The van der Waals surface area contributed by atoms with Gasteiger partial charge in [-0.25, -0.2) is 8.42 Å². The summed E-state index contributed by atoms with van der Waals surface area (Å²) in [6.07, 6.45) is 3.68. The summed E-state index contributed by atoms with van der Waals surface area (Å²) in [4.78, 5) is 0. The molecule has 1 aliphatic carbocycles. The Morgan fingerprint density at radius 3 is 2.70 bits per heavy atom. The van der Waals surface area contributed by atoms with Crippen LogP contribution in [0.15, 0.2) is 15.7 Å². The van der Waals surface area contributed by atoms with E-state index in [9.17, 15) is 8.42 Å². The van der Waals surface area contributed by atoms with Crippen LogP contribution in [0.1, 0.15) is 31.7 Å². The van der Waals surface area contributed by atoms with E-state index in [1.54, 1.807) is 4.31 Å². The lowest BCUT2D eigenvalue weighted by atomic mass is 10.0. The molecule has 112 valence electrons. The maximum atomic E-state index is 12.7. The Hall–Kier alpha value is -0.430. The van der Waals surface area contributed by atoms with Gasteiger partial charge >= 0.3 is 0 Å². The van der Waals surface area contributed by atoms with Gasteiger partial charge < -0.3 is 5.32 Å². The van der Waals surface area contributed by atoms with Gasteiger partial charge in [0, 0.05) is 19.6 Å². The van der Waals surface area contributed by atoms with Crippen LogP contribution in [-0.4, -0.2) is 32.4 Å². The van der Waals surface area contributed by atoms with E-state index in [2.05, 4.69) is 5.32 Å². The molecule has 20 heavy (non-hydrogen) atoms. The Bertz CT molecular complexity index is 555. The lowest BCUT2D eigenvalue weighted by Gasteiger charge is -2.15. The molecule has 3 rings (SSSR count). The first kappa shape index (κ1) is 14.5. The van der Waals surface area contributed by atoms with Gasteiger partial charge in [-0.15, -0.1) is 11.3 Å². The fraction of sp³-hybridized carbons (Fsp3) is 0.714. The molecule has 2 atom stereocenters. The molecular weight excluding hydrogens is 292 g/mol. The summed E-state index contributed by atoms with van der Waals surface area (Å²) < 4.78 is 27.6. The summed E-state index contributed by atoms with van der Waals surface area (Å²) >= 11 is 1.35. The standard InChI is InChI=1S/C14H22N2O2S2/c1-2-15-7-11-6-14(19-10-11)20(17,18)16-8-12-4-3-5-13(12)9-16/h6,10,12-13,15H,2-5,7-9H2,1H3. The number of nitrogens with zero attached hydrogens (tertiary/aromatic N) is 1. The minimum atomic E-state index is -3.26.